The van der Waals surface area contributed by atoms with Crippen molar-refractivity contribution >= 4 is 5.91 Å². The number of aliphatic hydroxyl groups is 3. The van der Waals surface area contributed by atoms with Crippen molar-refractivity contribution < 1.29 is 20.1 Å². The molecule has 0 saturated carbocycles. The summed E-state index contributed by atoms with van der Waals surface area (Å²) < 4.78 is 0. The first-order chi connectivity index (χ1) is 29.0. The van der Waals surface area contributed by atoms with Gasteiger partial charge in [-0.1, -0.05) is 263 Å². The molecule has 5 nitrogen and oxygen atoms in total. The number of nitrogens with one attached hydrogen (secondary N) is 1. The fourth-order valence-corrected chi connectivity index (χ4v) is 8.44. The Labute approximate surface area is 369 Å². The number of aliphatic hydroxyl groups excluding tert-OH is 3. The van der Waals surface area contributed by atoms with Gasteiger partial charge in [-0.2, -0.15) is 0 Å². The van der Waals surface area contributed by atoms with Crippen LogP contribution in [0.3, 0.4) is 0 Å². The van der Waals surface area contributed by atoms with Crippen LogP contribution < -0.4 is 5.32 Å². The molecule has 0 fully saturated rings. The van der Waals surface area contributed by atoms with Crippen molar-refractivity contribution in [2.45, 2.75) is 308 Å². The maximum absolute atomic E-state index is 12.5. The maximum atomic E-state index is 12.5. The van der Waals surface area contributed by atoms with E-state index in [9.17, 15) is 20.1 Å². The van der Waals surface area contributed by atoms with Crippen LogP contribution in [-0.2, 0) is 4.79 Å². The second-order valence-electron chi connectivity index (χ2n) is 18.5. The average Bonchev–Trinajstić information content (AvgIpc) is 3.23. The van der Waals surface area contributed by atoms with Crippen molar-refractivity contribution in [3.8, 4) is 0 Å². The Hall–Kier alpha value is -1.17. The fraction of sp³-hybridized carbons (Fsp3) is 0.907. The number of unbranched alkanes of at least 4 members (excludes halogenated alkanes) is 36. The molecule has 0 aliphatic heterocycles. The van der Waals surface area contributed by atoms with E-state index in [1.165, 1.54) is 212 Å². The van der Waals surface area contributed by atoms with E-state index in [0.717, 1.165) is 44.9 Å². The van der Waals surface area contributed by atoms with Gasteiger partial charge in [0.05, 0.1) is 31.3 Å². The van der Waals surface area contributed by atoms with Gasteiger partial charge in [0, 0.05) is 0 Å². The minimum Gasteiger partial charge on any atom is -0.394 e. The Morgan fingerprint density at radius 3 is 1.07 bits per heavy atom. The van der Waals surface area contributed by atoms with E-state index >= 15 is 0 Å². The Morgan fingerprint density at radius 2 is 0.729 bits per heavy atom. The Morgan fingerprint density at radius 1 is 0.424 bits per heavy atom. The highest BCUT2D eigenvalue weighted by Gasteiger charge is 2.21. The molecule has 0 aromatic rings. The van der Waals surface area contributed by atoms with Crippen molar-refractivity contribution in [2.75, 3.05) is 6.61 Å². The van der Waals surface area contributed by atoms with Crippen LogP contribution in [0, 0.1) is 0 Å². The first-order valence-corrected chi connectivity index (χ1v) is 26.6. The monoisotopic (exact) mass is 832 g/mol. The lowest BCUT2D eigenvalue weighted by atomic mass is 10.0. The summed E-state index contributed by atoms with van der Waals surface area (Å²) in [6.45, 7) is 4.29. The molecule has 0 saturated heterocycles. The van der Waals surface area contributed by atoms with Crippen molar-refractivity contribution in [1.82, 2.24) is 5.32 Å². The topological polar surface area (TPSA) is 89.8 Å². The second-order valence-corrected chi connectivity index (χ2v) is 18.5. The molecule has 59 heavy (non-hydrogen) atoms. The third kappa shape index (κ3) is 46.2. The summed E-state index contributed by atoms with van der Waals surface area (Å²) in [7, 11) is 0. The van der Waals surface area contributed by atoms with E-state index < -0.39 is 18.2 Å². The molecular formula is C54H105NO4. The fourth-order valence-electron chi connectivity index (χ4n) is 8.44. The Bertz CT molecular complexity index is 874. The molecule has 0 radical (unpaired) electrons. The minimum atomic E-state index is -0.753. The quantitative estimate of drug-likeness (QED) is 0.0363. The molecule has 350 valence electrons. The van der Waals surface area contributed by atoms with Crippen LogP contribution in [0.5, 0.6) is 0 Å². The van der Waals surface area contributed by atoms with Crippen LogP contribution in [0.2, 0.25) is 0 Å². The van der Waals surface area contributed by atoms with Crippen LogP contribution in [-0.4, -0.2) is 46.1 Å². The highest BCUT2D eigenvalue weighted by Crippen LogP contribution is 2.17. The molecule has 3 unspecified atom stereocenters. The predicted molar refractivity (Wildman–Crippen MR) is 259 cm³/mol. The zero-order valence-electron chi connectivity index (χ0n) is 39.9. The van der Waals surface area contributed by atoms with Gasteiger partial charge < -0.3 is 20.6 Å². The first kappa shape index (κ1) is 57.8. The summed E-state index contributed by atoms with van der Waals surface area (Å²) in [5.74, 6) is -0.287. The van der Waals surface area contributed by atoms with Crippen molar-refractivity contribution in [3.63, 3.8) is 0 Å². The van der Waals surface area contributed by atoms with Crippen LogP contribution in [0.15, 0.2) is 24.3 Å². The van der Waals surface area contributed by atoms with E-state index in [0.29, 0.717) is 12.8 Å². The molecule has 0 bridgehead atoms. The van der Waals surface area contributed by atoms with Crippen LogP contribution >= 0.6 is 0 Å². The van der Waals surface area contributed by atoms with Crippen molar-refractivity contribution in [2.24, 2.45) is 0 Å². The molecule has 0 aromatic carbocycles. The summed E-state index contributed by atoms with van der Waals surface area (Å²) >= 11 is 0. The Balaban J connectivity index is 3.57. The average molecular weight is 832 g/mol. The standard InChI is InChI=1S/C54H105NO4/c1-3-5-7-9-11-13-15-17-19-21-23-25-26-28-30-32-34-36-38-40-42-44-46-48-53(58)52(50-56)55-54(59)49-51(57)47-45-43-41-39-37-35-33-31-29-27-24-22-20-18-16-14-12-10-8-6-4-2/h24,27,31,33,51-53,56-58H,3-23,25-26,28-30,32,34-50H2,1-2H3,(H,55,59)/b27-24-,33-31-. The number of amides is 1. The summed E-state index contributed by atoms with van der Waals surface area (Å²) in [5, 5.41) is 33.6. The number of rotatable bonds is 49. The van der Waals surface area contributed by atoms with Gasteiger partial charge in [0.15, 0.2) is 0 Å². The maximum Gasteiger partial charge on any atom is 0.222 e. The molecule has 1 amide bonds. The predicted octanol–water partition coefficient (Wildman–Crippen LogP) is 16.1. The van der Waals surface area contributed by atoms with E-state index in [2.05, 4.69) is 43.5 Å². The van der Waals surface area contributed by atoms with Crippen molar-refractivity contribution in [3.05, 3.63) is 24.3 Å². The van der Waals surface area contributed by atoms with E-state index in [-0.39, 0.29) is 18.9 Å². The second kappa shape index (κ2) is 49.5. The van der Waals surface area contributed by atoms with Crippen LogP contribution in [0.1, 0.15) is 290 Å². The first-order valence-electron chi connectivity index (χ1n) is 26.6. The SMILES string of the molecule is CCCCCCCCCCC/C=C\C/C=C\CCCCCCCC(O)CC(=O)NC(CO)C(O)CCCCCCCCCCCCCCCCCCCCCCCCC. The molecule has 5 heteroatoms. The normalized spacial score (nSPS) is 13.5. The summed E-state index contributed by atoms with van der Waals surface area (Å²) in [4.78, 5) is 12.5. The molecule has 0 aliphatic rings. The van der Waals surface area contributed by atoms with Gasteiger partial charge in [-0.3, -0.25) is 4.79 Å². The minimum absolute atomic E-state index is 0.0289. The number of allylic oxidation sites excluding steroid dienone is 4. The third-order valence-electron chi connectivity index (χ3n) is 12.5. The summed E-state index contributed by atoms with van der Waals surface area (Å²) in [5.41, 5.74) is 0. The van der Waals surface area contributed by atoms with Gasteiger partial charge in [0.25, 0.3) is 0 Å². The van der Waals surface area contributed by atoms with Gasteiger partial charge in [0.1, 0.15) is 0 Å². The van der Waals surface area contributed by atoms with E-state index in [1.807, 2.05) is 0 Å². The molecule has 0 aliphatic carbocycles. The molecular weight excluding hydrogens is 727 g/mol. The van der Waals surface area contributed by atoms with Gasteiger partial charge in [-0.25, -0.2) is 0 Å². The zero-order chi connectivity index (χ0) is 43.0. The molecule has 0 heterocycles. The lowest BCUT2D eigenvalue weighted by molar-refractivity contribution is -0.125. The summed E-state index contributed by atoms with van der Waals surface area (Å²) in [6.07, 6.45) is 61.7. The largest absolute Gasteiger partial charge is 0.394 e. The smallest absolute Gasteiger partial charge is 0.222 e. The molecule has 4 N–H and O–H groups in total. The molecule has 0 spiro atoms. The number of hydrogen-bond acceptors (Lipinski definition) is 4. The van der Waals surface area contributed by atoms with Crippen LogP contribution in [0.25, 0.3) is 0 Å². The zero-order valence-corrected chi connectivity index (χ0v) is 39.9. The third-order valence-corrected chi connectivity index (χ3v) is 12.5. The van der Waals surface area contributed by atoms with Crippen LogP contribution in [0.4, 0.5) is 0 Å². The van der Waals surface area contributed by atoms with Gasteiger partial charge in [-0.05, 0) is 44.9 Å². The van der Waals surface area contributed by atoms with E-state index in [1.54, 1.807) is 0 Å². The molecule has 0 aromatic heterocycles. The highest BCUT2D eigenvalue weighted by molar-refractivity contribution is 5.76. The lowest BCUT2D eigenvalue weighted by Gasteiger charge is -2.23. The number of carbonyl (C=O) groups excluding carboxylic acids is 1. The Kier molecular flexibility index (Phi) is 48.5. The van der Waals surface area contributed by atoms with E-state index in [4.69, 9.17) is 0 Å². The molecule has 3 atom stereocenters. The number of carbonyl (C=O) groups is 1. The van der Waals surface area contributed by atoms with Gasteiger partial charge in [-0.15, -0.1) is 0 Å². The highest BCUT2D eigenvalue weighted by atomic mass is 16.3. The van der Waals surface area contributed by atoms with Gasteiger partial charge >= 0.3 is 0 Å². The van der Waals surface area contributed by atoms with Crippen molar-refractivity contribution in [1.29, 1.82) is 0 Å². The number of hydrogen-bond donors (Lipinski definition) is 4. The molecule has 0 rings (SSSR count). The van der Waals surface area contributed by atoms with Gasteiger partial charge in [0.2, 0.25) is 5.91 Å². The summed E-state index contributed by atoms with van der Waals surface area (Å²) in [6, 6.07) is -0.663. The lowest BCUT2D eigenvalue weighted by Crippen LogP contribution is -2.46.